The van der Waals surface area contributed by atoms with Gasteiger partial charge in [-0.15, -0.1) is 0 Å². The molecule has 0 atom stereocenters. The van der Waals surface area contributed by atoms with Crippen LogP contribution in [0.4, 0.5) is 10.6 Å². The highest BCUT2D eigenvalue weighted by Gasteiger charge is 2.12. The minimum Gasteiger partial charge on any atom is -0.444 e. The summed E-state index contributed by atoms with van der Waals surface area (Å²) < 4.78 is 7.55. The molecule has 5 nitrogen and oxygen atoms in total. The van der Waals surface area contributed by atoms with E-state index in [9.17, 15) is 4.79 Å². The minimum atomic E-state index is -0.562. The molecule has 3 aromatic rings. The van der Waals surface area contributed by atoms with Gasteiger partial charge in [0.25, 0.3) is 0 Å². The number of hydrogen-bond donors (Lipinski definition) is 1. The van der Waals surface area contributed by atoms with Crippen LogP contribution in [-0.4, -0.2) is 15.9 Å². The lowest BCUT2D eigenvalue weighted by atomic mass is 10.2. The fraction of sp³-hybridized carbons (Fsp3) is 0.111. The monoisotopic (exact) mass is 419 g/mol. The molecule has 1 N–H and O–H groups in total. The minimum absolute atomic E-state index is 0.199. The maximum absolute atomic E-state index is 11.9. The Kier molecular flexibility index (Phi) is 5.73. The molecule has 0 unspecified atom stereocenters. The SMILES string of the molecule is O=C(Nc1nn(Cc2ccccc2Cl)cc1Br)OCc1ccccc1. The predicted molar refractivity (Wildman–Crippen MR) is 101 cm³/mol. The maximum Gasteiger partial charge on any atom is 0.413 e. The highest BCUT2D eigenvalue weighted by molar-refractivity contribution is 9.10. The van der Waals surface area contributed by atoms with Gasteiger partial charge in [-0.25, -0.2) is 4.79 Å². The molecule has 0 aliphatic heterocycles. The Bertz CT molecular complexity index is 868. The Morgan fingerprint density at radius 2 is 1.88 bits per heavy atom. The molecular weight excluding hydrogens is 406 g/mol. The number of benzene rings is 2. The van der Waals surface area contributed by atoms with Crippen LogP contribution in [0.25, 0.3) is 0 Å². The van der Waals surface area contributed by atoms with Crippen LogP contribution in [0.2, 0.25) is 5.02 Å². The van der Waals surface area contributed by atoms with E-state index in [0.717, 1.165) is 11.1 Å². The molecule has 0 fully saturated rings. The number of ether oxygens (including phenoxy) is 1. The van der Waals surface area contributed by atoms with Gasteiger partial charge in [0, 0.05) is 11.2 Å². The van der Waals surface area contributed by atoms with Crippen molar-refractivity contribution in [3.8, 4) is 0 Å². The van der Waals surface area contributed by atoms with Crippen molar-refractivity contribution >= 4 is 39.4 Å². The van der Waals surface area contributed by atoms with Gasteiger partial charge in [0.2, 0.25) is 0 Å². The molecule has 0 aliphatic rings. The lowest BCUT2D eigenvalue weighted by molar-refractivity contribution is 0.155. The number of carbonyl (C=O) groups is 1. The molecule has 1 heterocycles. The number of aromatic nitrogens is 2. The molecule has 7 heteroatoms. The number of rotatable bonds is 5. The van der Waals surface area contributed by atoms with Crippen molar-refractivity contribution in [2.45, 2.75) is 13.2 Å². The summed E-state index contributed by atoms with van der Waals surface area (Å²) in [6, 6.07) is 17.0. The Hall–Kier alpha value is -2.31. The molecule has 0 radical (unpaired) electrons. The summed E-state index contributed by atoms with van der Waals surface area (Å²) in [7, 11) is 0. The van der Waals surface area contributed by atoms with E-state index in [1.165, 1.54) is 0 Å². The van der Waals surface area contributed by atoms with E-state index in [1.807, 2.05) is 54.6 Å². The van der Waals surface area contributed by atoms with Gasteiger partial charge in [0.15, 0.2) is 5.82 Å². The average molecular weight is 421 g/mol. The first-order valence-electron chi connectivity index (χ1n) is 7.56. The Balaban J connectivity index is 1.60. The third kappa shape index (κ3) is 4.84. The summed E-state index contributed by atoms with van der Waals surface area (Å²) in [5.41, 5.74) is 1.86. The third-order valence-corrected chi connectivity index (χ3v) is 4.39. The van der Waals surface area contributed by atoms with Gasteiger partial charge < -0.3 is 4.74 Å². The zero-order valence-electron chi connectivity index (χ0n) is 13.2. The van der Waals surface area contributed by atoms with Crippen LogP contribution in [0.5, 0.6) is 0 Å². The van der Waals surface area contributed by atoms with Crippen molar-refractivity contribution in [3.05, 3.63) is 81.4 Å². The number of nitrogens with zero attached hydrogens (tertiary/aromatic N) is 2. The predicted octanol–water partition coefficient (Wildman–Crippen LogP) is 5.10. The molecular formula is C18H15BrClN3O2. The van der Waals surface area contributed by atoms with Crippen LogP contribution >= 0.6 is 27.5 Å². The number of carbonyl (C=O) groups excluding carboxylic acids is 1. The van der Waals surface area contributed by atoms with E-state index in [4.69, 9.17) is 16.3 Å². The van der Waals surface area contributed by atoms with Crippen LogP contribution < -0.4 is 5.32 Å². The maximum atomic E-state index is 11.9. The zero-order valence-corrected chi connectivity index (χ0v) is 15.5. The molecule has 0 spiro atoms. The second-order valence-electron chi connectivity index (χ2n) is 5.30. The fourth-order valence-corrected chi connectivity index (χ4v) is 2.83. The molecule has 1 aromatic heterocycles. The van der Waals surface area contributed by atoms with E-state index >= 15 is 0 Å². The molecule has 0 saturated heterocycles. The van der Waals surface area contributed by atoms with Gasteiger partial charge in [0.1, 0.15) is 6.61 Å². The summed E-state index contributed by atoms with van der Waals surface area (Å²) in [5, 5.41) is 7.64. The lowest BCUT2D eigenvalue weighted by Crippen LogP contribution is -2.14. The molecule has 2 aromatic carbocycles. The number of halogens is 2. The van der Waals surface area contributed by atoms with Gasteiger partial charge in [0.05, 0.1) is 11.0 Å². The van der Waals surface area contributed by atoms with Crippen molar-refractivity contribution in [2.75, 3.05) is 5.32 Å². The van der Waals surface area contributed by atoms with Gasteiger partial charge in [-0.05, 0) is 33.1 Å². The average Bonchev–Trinajstić information content (AvgIpc) is 2.95. The first-order valence-corrected chi connectivity index (χ1v) is 8.73. The number of amides is 1. The fourth-order valence-electron chi connectivity index (χ4n) is 2.22. The van der Waals surface area contributed by atoms with Crippen LogP contribution in [0, 0.1) is 0 Å². The molecule has 128 valence electrons. The topological polar surface area (TPSA) is 56.2 Å². The highest BCUT2D eigenvalue weighted by Crippen LogP contribution is 2.22. The van der Waals surface area contributed by atoms with Crippen LogP contribution in [0.3, 0.4) is 0 Å². The normalized spacial score (nSPS) is 10.5. The Morgan fingerprint density at radius 3 is 2.64 bits per heavy atom. The molecule has 0 aliphatic carbocycles. The summed E-state index contributed by atoms with van der Waals surface area (Å²) in [6.07, 6.45) is 1.21. The van der Waals surface area contributed by atoms with Crippen molar-refractivity contribution in [3.63, 3.8) is 0 Å². The van der Waals surface area contributed by atoms with Crippen molar-refractivity contribution in [1.82, 2.24) is 9.78 Å². The van der Waals surface area contributed by atoms with Crippen molar-refractivity contribution < 1.29 is 9.53 Å². The standard InChI is InChI=1S/C18H15BrClN3O2/c19-15-11-23(10-14-8-4-5-9-16(14)20)22-17(15)21-18(24)25-12-13-6-2-1-3-7-13/h1-9,11H,10,12H2,(H,21,22,24). The van der Waals surface area contributed by atoms with E-state index in [-0.39, 0.29) is 6.61 Å². The highest BCUT2D eigenvalue weighted by atomic mass is 79.9. The molecule has 3 rings (SSSR count). The number of nitrogens with one attached hydrogen (secondary N) is 1. The summed E-state index contributed by atoms with van der Waals surface area (Å²) >= 11 is 9.55. The van der Waals surface area contributed by atoms with Gasteiger partial charge in [-0.1, -0.05) is 60.1 Å². The Morgan fingerprint density at radius 1 is 1.16 bits per heavy atom. The first-order chi connectivity index (χ1) is 12.1. The zero-order chi connectivity index (χ0) is 17.6. The summed E-state index contributed by atoms with van der Waals surface area (Å²) in [5.74, 6) is 0.394. The molecule has 0 bridgehead atoms. The molecule has 1 amide bonds. The lowest BCUT2D eigenvalue weighted by Gasteiger charge is -2.06. The molecule has 25 heavy (non-hydrogen) atoms. The van der Waals surface area contributed by atoms with E-state index in [1.54, 1.807) is 10.9 Å². The van der Waals surface area contributed by atoms with Gasteiger partial charge in [-0.2, -0.15) is 5.10 Å². The summed E-state index contributed by atoms with van der Waals surface area (Å²) in [6.45, 7) is 0.698. The van der Waals surface area contributed by atoms with Crippen LogP contribution in [0.1, 0.15) is 11.1 Å². The number of hydrogen-bond acceptors (Lipinski definition) is 3. The smallest absolute Gasteiger partial charge is 0.413 e. The Labute approximate surface area is 158 Å². The molecule has 0 saturated carbocycles. The quantitative estimate of drug-likeness (QED) is 0.625. The van der Waals surface area contributed by atoms with Crippen molar-refractivity contribution in [1.29, 1.82) is 0 Å². The second-order valence-corrected chi connectivity index (χ2v) is 6.56. The first kappa shape index (κ1) is 17.5. The van der Waals surface area contributed by atoms with Crippen molar-refractivity contribution in [2.24, 2.45) is 0 Å². The van der Waals surface area contributed by atoms with E-state index < -0.39 is 6.09 Å². The third-order valence-electron chi connectivity index (χ3n) is 3.44. The largest absolute Gasteiger partial charge is 0.444 e. The second kappa shape index (κ2) is 8.18. The number of anilines is 1. The summed E-state index contributed by atoms with van der Waals surface area (Å²) in [4.78, 5) is 11.9. The van der Waals surface area contributed by atoms with Gasteiger partial charge >= 0.3 is 6.09 Å². The van der Waals surface area contributed by atoms with Gasteiger partial charge in [-0.3, -0.25) is 10.00 Å². The van der Waals surface area contributed by atoms with Crippen LogP contribution in [0.15, 0.2) is 65.3 Å². The van der Waals surface area contributed by atoms with E-state index in [2.05, 4.69) is 26.3 Å². The van der Waals surface area contributed by atoms with Crippen LogP contribution in [-0.2, 0) is 17.9 Å². The van der Waals surface area contributed by atoms with E-state index in [0.29, 0.717) is 21.9 Å².